The SMILES string of the molecule is CS(=O)(=O)c1nnc(CCNC(=O)Cc2cccs2)o1. The molecule has 0 fully saturated rings. The Morgan fingerprint density at radius 1 is 1.45 bits per heavy atom. The summed E-state index contributed by atoms with van der Waals surface area (Å²) in [6, 6.07) is 3.78. The molecule has 0 aliphatic heterocycles. The van der Waals surface area contributed by atoms with Gasteiger partial charge in [0, 0.05) is 24.1 Å². The van der Waals surface area contributed by atoms with Crippen LogP contribution in [0, 0.1) is 0 Å². The molecule has 20 heavy (non-hydrogen) atoms. The first kappa shape index (κ1) is 14.7. The molecule has 2 rings (SSSR count). The molecule has 1 amide bonds. The van der Waals surface area contributed by atoms with Crippen LogP contribution in [0.5, 0.6) is 0 Å². The molecule has 0 atom stereocenters. The van der Waals surface area contributed by atoms with Crippen molar-refractivity contribution in [1.29, 1.82) is 0 Å². The van der Waals surface area contributed by atoms with Crippen LogP contribution in [0.3, 0.4) is 0 Å². The van der Waals surface area contributed by atoms with Gasteiger partial charge in [0.25, 0.3) is 0 Å². The minimum atomic E-state index is -3.48. The molecule has 0 aromatic carbocycles. The highest BCUT2D eigenvalue weighted by Crippen LogP contribution is 2.09. The molecule has 1 N–H and O–H groups in total. The highest BCUT2D eigenvalue weighted by Gasteiger charge is 2.16. The number of hydrogen-bond donors (Lipinski definition) is 1. The highest BCUT2D eigenvalue weighted by molar-refractivity contribution is 7.90. The topological polar surface area (TPSA) is 102 Å². The van der Waals surface area contributed by atoms with Crippen LogP contribution >= 0.6 is 11.3 Å². The number of hydrogen-bond acceptors (Lipinski definition) is 7. The summed E-state index contributed by atoms with van der Waals surface area (Å²) in [6.45, 7) is 0.315. The number of carbonyl (C=O) groups excluding carboxylic acids is 1. The van der Waals surface area contributed by atoms with Gasteiger partial charge in [-0.2, -0.15) is 0 Å². The third kappa shape index (κ3) is 4.14. The Morgan fingerprint density at radius 3 is 2.85 bits per heavy atom. The largest absolute Gasteiger partial charge is 0.412 e. The summed E-state index contributed by atoms with van der Waals surface area (Å²) in [7, 11) is -3.48. The molecule has 0 radical (unpaired) electrons. The van der Waals surface area contributed by atoms with E-state index in [-0.39, 0.29) is 11.8 Å². The fourth-order valence-electron chi connectivity index (χ4n) is 1.43. The van der Waals surface area contributed by atoms with Crippen LogP contribution in [0.25, 0.3) is 0 Å². The van der Waals surface area contributed by atoms with Crippen molar-refractivity contribution in [3.05, 3.63) is 28.3 Å². The molecular formula is C11H13N3O4S2. The van der Waals surface area contributed by atoms with Gasteiger partial charge in [-0.05, 0) is 11.4 Å². The maximum Gasteiger partial charge on any atom is 0.335 e. The molecular weight excluding hydrogens is 302 g/mol. The third-order valence-electron chi connectivity index (χ3n) is 2.34. The van der Waals surface area contributed by atoms with Crippen LogP contribution in [0.1, 0.15) is 10.8 Å². The predicted molar refractivity (Wildman–Crippen MR) is 72.1 cm³/mol. The van der Waals surface area contributed by atoms with Gasteiger partial charge in [0.15, 0.2) is 0 Å². The summed E-state index contributed by atoms with van der Waals surface area (Å²) in [5, 5.41) is 11.3. The molecule has 9 heteroatoms. The number of sulfone groups is 1. The van der Waals surface area contributed by atoms with Crippen molar-refractivity contribution in [2.45, 2.75) is 18.1 Å². The van der Waals surface area contributed by atoms with Crippen molar-refractivity contribution < 1.29 is 17.6 Å². The Labute approximate surface area is 119 Å². The van der Waals surface area contributed by atoms with Crippen molar-refractivity contribution >= 4 is 27.1 Å². The Balaban J connectivity index is 1.78. The molecule has 108 valence electrons. The Hall–Kier alpha value is -1.74. The summed E-state index contributed by atoms with van der Waals surface area (Å²) in [5.41, 5.74) is 0. The highest BCUT2D eigenvalue weighted by atomic mass is 32.2. The molecule has 0 bridgehead atoms. The quantitative estimate of drug-likeness (QED) is 0.829. The lowest BCUT2D eigenvalue weighted by Crippen LogP contribution is -2.27. The monoisotopic (exact) mass is 315 g/mol. The van der Waals surface area contributed by atoms with E-state index in [1.165, 1.54) is 11.3 Å². The minimum Gasteiger partial charge on any atom is -0.412 e. The van der Waals surface area contributed by atoms with Crippen molar-refractivity contribution in [2.75, 3.05) is 12.8 Å². The summed E-state index contributed by atoms with van der Waals surface area (Å²) in [5.74, 6) is 0.0807. The number of nitrogens with zero attached hydrogens (tertiary/aromatic N) is 2. The smallest absolute Gasteiger partial charge is 0.335 e. The summed E-state index contributed by atoms with van der Waals surface area (Å²) < 4.78 is 27.3. The van der Waals surface area contributed by atoms with Gasteiger partial charge in [-0.1, -0.05) is 11.2 Å². The summed E-state index contributed by atoms with van der Waals surface area (Å²) in [6.07, 6.45) is 1.61. The van der Waals surface area contributed by atoms with Gasteiger partial charge in [-0.25, -0.2) is 8.42 Å². The van der Waals surface area contributed by atoms with Crippen LogP contribution in [0.2, 0.25) is 0 Å². The number of rotatable bonds is 6. The van der Waals surface area contributed by atoms with Gasteiger partial charge < -0.3 is 9.73 Å². The second-order valence-electron chi connectivity index (χ2n) is 4.09. The van der Waals surface area contributed by atoms with Gasteiger partial charge in [0.2, 0.25) is 21.6 Å². The normalized spacial score (nSPS) is 11.4. The molecule has 0 spiro atoms. The Kier molecular flexibility index (Phi) is 4.50. The maximum atomic E-state index is 11.6. The average Bonchev–Trinajstić information content (AvgIpc) is 2.98. The number of thiophene rings is 1. The molecule has 2 heterocycles. The van der Waals surface area contributed by atoms with Crippen molar-refractivity contribution in [3.63, 3.8) is 0 Å². The van der Waals surface area contributed by atoms with E-state index in [9.17, 15) is 13.2 Å². The summed E-state index contributed by atoms with van der Waals surface area (Å²) >= 11 is 1.52. The second-order valence-corrected chi connectivity index (χ2v) is 7.02. The molecule has 2 aromatic rings. The van der Waals surface area contributed by atoms with E-state index in [2.05, 4.69) is 15.5 Å². The Morgan fingerprint density at radius 2 is 2.25 bits per heavy atom. The zero-order valence-corrected chi connectivity index (χ0v) is 12.3. The van der Waals surface area contributed by atoms with E-state index in [1.807, 2.05) is 17.5 Å². The van der Waals surface area contributed by atoms with Crippen LogP contribution in [-0.2, 0) is 27.5 Å². The van der Waals surface area contributed by atoms with Crippen LogP contribution in [0.15, 0.2) is 27.2 Å². The zero-order valence-electron chi connectivity index (χ0n) is 10.7. The maximum absolute atomic E-state index is 11.6. The van der Waals surface area contributed by atoms with E-state index in [4.69, 9.17) is 4.42 Å². The summed E-state index contributed by atoms with van der Waals surface area (Å²) in [4.78, 5) is 12.6. The van der Waals surface area contributed by atoms with Crippen LogP contribution in [-0.4, -0.2) is 37.3 Å². The first-order valence-corrected chi connectivity index (χ1v) is 8.54. The van der Waals surface area contributed by atoms with Crippen molar-refractivity contribution in [1.82, 2.24) is 15.5 Å². The first-order valence-electron chi connectivity index (χ1n) is 5.76. The number of aromatic nitrogens is 2. The van der Waals surface area contributed by atoms with Gasteiger partial charge in [0.05, 0.1) is 6.42 Å². The standard InChI is InChI=1S/C11H13N3O4S2/c1-20(16,17)11-14-13-10(18-11)4-5-12-9(15)7-8-3-2-6-19-8/h2-3,6H,4-5,7H2,1H3,(H,12,15). The van der Waals surface area contributed by atoms with Gasteiger partial charge in [-0.15, -0.1) is 16.4 Å². The molecule has 0 saturated heterocycles. The molecule has 2 aromatic heterocycles. The lowest BCUT2D eigenvalue weighted by Gasteiger charge is -2.01. The van der Waals surface area contributed by atoms with Gasteiger partial charge in [-0.3, -0.25) is 4.79 Å². The first-order chi connectivity index (χ1) is 9.45. The van der Waals surface area contributed by atoms with Crippen molar-refractivity contribution in [3.8, 4) is 0 Å². The second kappa shape index (κ2) is 6.14. The van der Waals surface area contributed by atoms with Crippen LogP contribution in [0.4, 0.5) is 0 Å². The van der Waals surface area contributed by atoms with E-state index in [1.54, 1.807) is 0 Å². The lowest BCUT2D eigenvalue weighted by atomic mass is 10.3. The fourth-order valence-corrected chi connectivity index (χ4v) is 2.57. The Bertz CT molecular complexity index is 676. The van der Waals surface area contributed by atoms with E-state index < -0.39 is 15.1 Å². The minimum absolute atomic E-state index is 0.102. The molecule has 0 aliphatic carbocycles. The van der Waals surface area contributed by atoms with E-state index >= 15 is 0 Å². The van der Waals surface area contributed by atoms with E-state index in [0.29, 0.717) is 19.4 Å². The molecule has 0 saturated carbocycles. The van der Waals surface area contributed by atoms with Crippen LogP contribution < -0.4 is 5.32 Å². The van der Waals surface area contributed by atoms with E-state index in [0.717, 1.165) is 11.1 Å². The molecule has 7 nitrogen and oxygen atoms in total. The average molecular weight is 315 g/mol. The number of nitrogens with one attached hydrogen (secondary N) is 1. The molecule has 0 unspecified atom stereocenters. The lowest BCUT2D eigenvalue weighted by molar-refractivity contribution is -0.120. The third-order valence-corrected chi connectivity index (χ3v) is 4.02. The number of carbonyl (C=O) groups is 1. The van der Waals surface area contributed by atoms with Gasteiger partial charge >= 0.3 is 5.22 Å². The zero-order chi connectivity index (χ0) is 14.6. The van der Waals surface area contributed by atoms with Gasteiger partial charge in [0.1, 0.15) is 0 Å². The predicted octanol–water partition coefficient (Wildman–Crippen LogP) is 0.436. The number of amides is 1. The van der Waals surface area contributed by atoms with Crippen molar-refractivity contribution in [2.24, 2.45) is 0 Å². The fraction of sp³-hybridized carbons (Fsp3) is 0.364. The molecule has 0 aliphatic rings.